The van der Waals surface area contributed by atoms with Crippen molar-refractivity contribution >= 4 is 15.9 Å². The highest BCUT2D eigenvalue weighted by Gasteiger charge is 2.16. The maximum absolute atomic E-state index is 5.56. The first-order valence-electron chi connectivity index (χ1n) is 7.21. The van der Waals surface area contributed by atoms with Gasteiger partial charge >= 0.3 is 0 Å². The molecule has 1 N–H and O–H groups in total. The van der Waals surface area contributed by atoms with Crippen molar-refractivity contribution < 1.29 is 4.74 Å². The van der Waals surface area contributed by atoms with Crippen LogP contribution in [-0.4, -0.2) is 13.7 Å². The van der Waals surface area contributed by atoms with Crippen LogP contribution in [0.2, 0.25) is 0 Å². The summed E-state index contributed by atoms with van der Waals surface area (Å²) >= 11 is 3.63. The van der Waals surface area contributed by atoms with Crippen LogP contribution < -0.4 is 10.1 Å². The zero-order valence-corrected chi connectivity index (χ0v) is 14.1. The minimum atomic E-state index is 0.381. The number of benzene rings is 1. The van der Waals surface area contributed by atoms with Gasteiger partial charge < -0.3 is 10.1 Å². The van der Waals surface area contributed by atoms with Crippen LogP contribution in [0.5, 0.6) is 5.75 Å². The third-order valence-corrected chi connectivity index (χ3v) is 4.23. The molecule has 0 aliphatic heterocycles. The normalized spacial score (nSPS) is 12.5. The average molecular weight is 328 g/mol. The van der Waals surface area contributed by atoms with Gasteiger partial charge in [-0.05, 0) is 44.0 Å². The molecule has 1 rings (SSSR count). The lowest BCUT2D eigenvalue weighted by atomic mass is 9.98. The van der Waals surface area contributed by atoms with E-state index in [4.69, 9.17) is 4.74 Å². The fraction of sp³-hybridized carbons (Fsp3) is 0.625. The van der Waals surface area contributed by atoms with Crippen molar-refractivity contribution in [2.75, 3.05) is 13.7 Å². The number of hydrogen-bond acceptors (Lipinski definition) is 2. The molecular weight excluding hydrogens is 302 g/mol. The van der Waals surface area contributed by atoms with Gasteiger partial charge in [-0.2, -0.15) is 0 Å². The number of methoxy groups -OCH3 is 1. The highest BCUT2D eigenvalue weighted by molar-refractivity contribution is 9.10. The predicted molar refractivity (Wildman–Crippen MR) is 86.0 cm³/mol. The number of nitrogens with one attached hydrogen (secondary N) is 1. The first-order chi connectivity index (χ1) is 9.13. The molecule has 1 aromatic rings. The summed E-state index contributed by atoms with van der Waals surface area (Å²) in [6, 6.07) is 4.70. The average Bonchev–Trinajstić information content (AvgIpc) is 2.42. The van der Waals surface area contributed by atoms with Crippen molar-refractivity contribution in [1.82, 2.24) is 5.32 Å². The molecule has 1 atom stereocenters. The molecule has 0 aliphatic rings. The van der Waals surface area contributed by atoms with E-state index in [0.717, 1.165) is 29.6 Å². The first kappa shape index (κ1) is 16.5. The van der Waals surface area contributed by atoms with Crippen molar-refractivity contribution in [2.45, 2.75) is 52.5 Å². The molecule has 1 unspecified atom stereocenters. The van der Waals surface area contributed by atoms with Crippen molar-refractivity contribution in [2.24, 2.45) is 0 Å². The van der Waals surface area contributed by atoms with E-state index in [1.807, 2.05) is 0 Å². The highest BCUT2D eigenvalue weighted by Crippen LogP contribution is 2.33. The second kappa shape index (κ2) is 8.60. The van der Waals surface area contributed by atoms with Crippen LogP contribution in [0, 0.1) is 6.92 Å². The van der Waals surface area contributed by atoms with Gasteiger partial charge in [0.15, 0.2) is 0 Å². The number of hydrogen-bond donors (Lipinski definition) is 1. The maximum atomic E-state index is 5.56. The number of aryl methyl sites for hydroxylation is 1. The van der Waals surface area contributed by atoms with Gasteiger partial charge in [-0.15, -0.1) is 0 Å². The predicted octanol–water partition coefficient (Wildman–Crippen LogP) is 5.00. The molecule has 0 heterocycles. The lowest BCUT2D eigenvalue weighted by molar-refractivity contribution is 0.392. The molecule has 0 saturated heterocycles. The van der Waals surface area contributed by atoms with Crippen molar-refractivity contribution in [3.8, 4) is 5.75 Å². The third-order valence-electron chi connectivity index (χ3n) is 3.37. The van der Waals surface area contributed by atoms with E-state index in [0.29, 0.717) is 6.04 Å². The van der Waals surface area contributed by atoms with E-state index < -0.39 is 0 Å². The van der Waals surface area contributed by atoms with Crippen LogP contribution in [0.3, 0.4) is 0 Å². The fourth-order valence-electron chi connectivity index (χ4n) is 2.21. The van der Waals surface area contributed by atoms with Gasteiger partial charge in [0.25, 0.3) is 0 Å². The molecule has 0 amide bonds. The summed E-state index contributed by atoms with van der Waals surface area (Å²) in [5, 5.41) is 3.64. The van der Waals surface area contributed by atoms with Gasteiger partial charge in [0.1, 0.15) is 5.75 Å². The lowest BCUT2D eigenvalue weighted by Gasteiger charge is -2.22. The summed E-state index contributed by atoms with van der Waals surface area (Å²) in [5.41, 5.74) is 2.48. The highest BCUT2D eigenvalue weighted by atomic mass is 79.9. The Labute approximate surface area is 126 Å². The Bertz CT molecular complexity index is 385. The molecule has 0 aromatic heterocycles. The second-order valence-electron chi connectivity index (χ2n) is 4.99. The quantitative estimate of drug-likeness (QED) is 0.725. The SMILES string of the molecule is CCCCC(NCCC)c1cc(Br)c(C)cc1OC. The number of rotatable bonds is 8. The smallest absolute Gasteiger partial charge is 0.123 e. The Kier molecular flexibility index (Phi) is 7.47. The Morgan fingerprint density at radius 3 is 2.58 bits per heavy atom. The Morgan fingerprint density at radius 1 is 1.26 bits per heavy atom. The van der Waals surface area contributed by atoms with Gasteiger partial charge in [0.05, 0.1) is 7.11 Å². The van der Waals surface area contributed by atoms with Crippen molar-refractivity contribution in [3.63, 3.8) is 0 Å². The van der Waals surface area contributed by atoms with E-state index in [1.165, 1.54) is 24.0 Å². The maximum Gasteiger partial charge on any atom is 0.123 e. The zero-order chi connectivity index (χ0) is 14.3. The largest absolute Gasteiger partial charge is 0.496 e. The molecule has 1 aromatic carbocycles. The molecular formula is C16H26BrNO. The van der Waals surface area contributed by atoms with Crippen LogP contribution in [0.15, 0.2) is 16.6 Å². The summed E-state index contributed by atoms with van der Waals surface area (Å²) in [6.07, 6.45) is 4.76. The topological polar surface area (TPSA) is 21.3 Å². The van der Waals surface area contributed by atoms with Crippen LogP contribution >= 0.6 is 15.9 Å². The number of halogens is 1. The van der Waals surface area contributed by atoms with Crippen LogP contribution in [-0.2, 0) is 0 Å². The van der Waals surface area contributed by atoms with Gasteiger partial charge in [0, 0.05) is 16.1 Å². The van der Waals surface area contributed by atoms with E-state index >= 15 is 0 Å². The first-order valence-corrected chi connectivity index (χ1v) is 8.00. The summed E-state index contributed by atoms with van der Waals surface area (Å²) in [4.78, 5) is 0. The monoisotopic (exact) mass is 327 g/mol. The minimum Gasteiger partial charge on any atom is -0.496 e. The van der Waals surface area contributed by atoms with Crippen LogP contribution in [0.25, 0.3) is 0 Å². The molecule has 3 heteroatoms. The zero-order valence-electron chi connectivity index (χ0n) is 12.6. The lowest BCUT2D eigenvalue weighted by Crippen LogP contribution is -2.22. The van der Waals surface area contributed by atoms with Gasteiger partial charge in [-0.3, -0.25) is 0 Å². The molecule has 2 nitrogen and oxygen atoms in total. The van der Waals surface area contributed by atoms with E-state index in [9.17, 15) is 0 Å². The molecule has 108 valence electrons. The van der Waals surface area contributed by atoms with Crippen LogP contribution in [0.4, 0.5) is 0 Å². The van der Waals surface area contributed by atoms with Gasteiger partial charge in [-0.25, -0.2) is 0 Å². The molecule has 0 fully saturated rings. The standard InChI is InChI=1S/C16H26BrNO/c1-5-7-8-15(18-9-6-2)13-11-14(17)12(3)10-16(13)19-4/h10-11,15,18H,5-9H2,1-4H3. The summed E-state index contributed by atoms with van der Waals surface area (Å²) < 4.78 is 6.72. The molecule has 0 radical (unpaired) electrons. The third kappa shape index (κ3) is 4.81. The molecule has 0 saturated carbocycles. The minimum absolute atomic E-state index is 0.381. The Hall–Kier alpha value is -0.540. The Balaban J connectivity index is 3.01. The van der Waals surface area contributed by atoms with Crippen molar-refractivity contribution in [3.05, 3.63) is 27.7 Å². The molecule has 0 bridgehead atoms. The summed E-state index contributed by atoms with van der Waals surface area (Å²) in [7, 11) is 1.75. The second-order valence-corrected chi connectivity index (χ2v) is 5.85. The Morgan fingerprint density at radius 2 is 2.00 bits per heavy atom. The number of unbranched alkanes of at least 4 members (excludes halogenated alkanes) is 1. The molecule has 0 aliphatic carbocycles. The fourth-order valence-corrected chi connectivity index (χ4v) is 2.57. The summed E-state index contributed by atoms with van der Waals surface area (Å²) in [5.74, 6) is 0.991. The number of ether oxygens (including phenoxy) is 1. The summed E-state index contributed by atoms with van der Waals surface area (Å²) in [6.45, 7) is 7.57. The van der Waals surface area contributed by atoms with Gasteiger partial charge in [-0.1, -0.05) is 42.6 Å². The molecule has 19 heavy (non-hydrogen) atoms. The van der Waals surface area contributed by atoms with Crippen LogP contribution in [0.1, 0.15) is 56.7 Å². The van der Waals surface area contributed by atoms with Gasteiger partial charge in [0.2, 0.25) is 0 Å². The van der Waals surface area contributed by atoms with E-state index in [-0.39, 0.29) is 0 Å². The van der Waals surface area contributed by atoms with E-state index in [1.54, 1.807) is 7.11 Å². The van der Waals surface area contributed by atoms with Crippen molar-refractivity contribution in [1.29, 1.82) is 0 Å². The van der Waals surface area contributed by atoms with E-state index in [2.05, 4.69) is 54.2 Å². The molecule has 0 spiro atoms.